The molecule has 4 nitrogen and oxygen atoms in total. The second-order valence-electron chi connectivity index (χ2n) is 4.67. The highest BCUT2D eigenvalue weighted by Gasteiger charge is 2.12. The second-order valence-corrected chi connectivity index (χ2v) is 5.10. The van der Waals surface area contributed by atoms with Crippen LogP contribution in [-0.4, -0.2) is 32.7 Å². The van der Waals surface area contributed by atoms with Crippen LogP contribution in [0.2, 0.25) is 5.02 Å². The zero-order chi connectivity index (χ0) is 14.4. The van der Waals surface area contributed by atoms with Crippen molar-refractivity contribution in [2.45, 2.75) is 12.8 Å². The number of carbonyl (C=O) groups excluding carboxylic acids is 1. The van der Waals surface area contributed by atoms with E-state index in [1.807, 2.05) is 0 Å². The van der Waals surface area contributed by atoms with Crippen molar-refractivity contribution in [2.24, 2.45) is 0 Å². The topological polar surface area (TPSA) is 50.4 Å². The van der Waals surface area contributed by atoms with Gasteiger partial charge in [-0.1, -0.05) is 23.3 Å². The first-order chi connectivity index (χ1) is 9.70. The molecule has 0 radical (unpaired) electrons. The molecule has 0 aromatic heterocycles. The maximum Gasteiger partial charge on any atom is 0.255 e. The Kier molecular flexibility index (Phi) is 5.44. The lowest BCUT2D eigenvalue weighted by Crippen LogP contribution is -2.27. The molecule has 0 unspecified atom stereocenters. The molecule has 2 rings (SSSR count). The number of amides is 1. The quantitative estimate of drug-likeness (QED) is 0.820. The molecule has 0 saturated heterocycles. The lowest BCUT2D eigenvalue weighted by Gasteiger charge is -2.14. The number of rotatable bonds is 5. The van der Waals surface area contributed by atoms with Gasteiger partial charge in [-0.2, -0.15) is 0 Å². The summed E-state index contributed by atoms with van der Waals surface area (Å²) in [5.41, 5.74) is 1.91. The molecule has 0 saturated carbocycles. The monoisotopic (exact) mass is 294 g/mol. The smallest absolute Gasteiger partial charge is 0.255 e. The first-order valence-corrected chi connectivity index (χ1v) is 7.09. The first kappa shape index (κ1) is 14.9. The van der Waals surface area contributed by atoms with Crippen molar-refractivity contribution in [1.82, 2.24) is 10.6 Å². The molecular formula is C15H19ClN2O2. The van der Waals surface area contributed by atoms with Crippen LogP contribution in [0.4, 0.5) is 0 Å². The highest BCUT2D eigenvalue weighted by molar-refractivity contribution is 6.30. The van der Waals surface area contributed by atoms with Gasteiger partial charge in [-0.15, -0.1) is 0 Å². The summed E-state index contributed by atoms with van der Waals surface area (Å²) >= 11 is 5.88. The fourth-order valence-corrected chi connectivity index (χ4v) is 2.34. The third kappa shape index (κ3) is 3.99. The zero-order valence-electron chi connectivity index (χ0n) is 11.5. The summed E-state index contributed by atoms with van der Waals surface area (Å²) in [6.45, 7) is 2.58. The molecule has 1 amide bonds. The van der Waals surface area contributed by atoms with Gasteiger partial charge in [0.25, 0.3) is 5.91 Å². The highest BCUT2D eigenvalue weighted by atomic mass is 35.5. The summed E-state index contributed by atoms with van der Waals surface area (Å²) in [5.74, 6) is 0.365. The van der Waals surface area contributed by atoms with E-state index >= 15 is 0 Å². The number of ether oxygens (including phenoxy) is 1. The number of methoxy groups -OCH3 is 1. The summed E-state index contributed by atoms with van der Waals surface area (Å²) in [4.78, 5) is 12.1. The van der Waals surface area contributed by atoms with Crippen molar-refractivity contribution < 1.29 is 9.53 Å². The van der Waals surface area contributed by atoms with Crippen molar-refractivity contribution in [3.8, 4) is 5.75 Å². The van der Waals surface area contributed by atoms with Crippen LogP contribution in [0.5, 0.6) is 5.75 Å². The maximum atomic E-state index is 12.1. The molecule has 0 atom stereocenters. The Morgan fingerprint density at radius 2 is 2.35 bits per heavy atom. The van der Waals surface area contributed by atoms with Crippen LogP contribution in [0.15, 0.2) is 29.8 Å². The summed E-state index contributed by atoms with van der Waals surface area (Å²) in [7, 11) is 1.53. The van der Waals surface area contributed by atoms with Gasteiger partial charge in [0, 0.05) is 18.1 Å². The number of benzene rings is 1. The van der Waals surface area contributed by atoms with Crippen LogP contribution in [-0.2, 0) is 0 Å². The molecule has 2 N–H and O–H groups in total. The Morgan fingerprint density at radius 1 is 1.50 bits per heavy atom. The van der Waals surface area contributed by atoms with Crippen molar-refractivity contribution >= 4 is 17.5 Å². The molecule has 0 aliphatic carbocycles. The fraction of sp³-hybridized carbons (Fsp3) is 0.400. The van der Waals surface area contributed by atoms with Crippen LogP contribution in [0, 0.1) is 0 Å². The average molecular weight is 295 g/mol. The second kappa shape index (κ2) is 7.31. The van der Waals surface area contributed by atoms with E-state index in [4.69, 9.17) is 16.3 Å². The third-order valence-electron chi connectivity index (χ3n) is 3.30. The largest absolute Gasteiger partial charge is 0.496 e. The molecule has 5 heteroatoms. The Hall–Kier alpha value is -1.52. The van der Waals surface area contributed by atoms with Crippen LogP contribution in [0.1, 0.15) is 23.2 Å². The summed E-state index contributed by atoms with van der Waals surface area (Å²) in [6, 6.07) is 5.01. The van der Waals surface area contributed by atoms with E-state index in [1.54, 1.807) is 18.2 Å². The lowest BCUT2D eigenvalue weighted by atomic mass is 10.1. The minimum Gasteiger partial charge on any atom is -0.496 e. The Morgan fingerprint density at radius 3 is 3.05 bits per heavy atom. The molecule has 0 fully saturated rings. The van der Waals surface area contributed by atoms with Crippen molar-refractivity contribution in [2.75, 3.05) is 26.7 Å². The van der Waals surface area contributed by atoms with Gasteiger partial charge >= 0.3 is 0 Å². The molecule has 1 aromatic rings. The number of nitrogens with one attached hydrogen (secondary N) is 2. The first-order valence-electron chi connectivity index (χ1n) is 6.71. The van der Waals surface area contributed by atoms with Gasteiger partial charge < -0.3 is 15.4 Å². The summed E-state index contributed by atoms with van der Waals surface area (Å²) in [5, 5.41) is 6.74. The van der Waals surface area contributed by atoms with E-state index < -0.39 is 0 Å². The molecule has 108 valence electrons. The van der Waals surface area contributed by atoms with Gasteiger partial charge in [-0.25, -0.2) is 0 Å². The predicted octanol–water partition coefficient (Wildman–Crippen LogP) is 2.39. The van der Waals surface area contributed by atoms with Gasteiger partial charge in [-0.05, 0) is 37.6 Å². The SMILES string of the molecule is COc1cc(Cl)ccc1C(=O)NCCC1=CCNCC1. The minimum atomic E-state index is -0.131. The van der Waals surface area contributed by atoms with E-state index in [-0.39, 0.29) is 5.91 Å². The molecule has 1 aliphatic rings. The average Bonchev–Trinajstić information content (AvgIpc) is 2.48. The normalized spacial score (nSPS) is 14.6. The van der Waals surface area contributed by atoms with Crippen molar-refractivity contribution in [1.29, 1.82) is 0 Å². The third-order valence-corrected chi connectivity index (χ3v) is 3.53. The molecular weight excluding hydrogens is 276 g/mol. The van der Waals surface area contributed by atoms with E-state index in [9.17, 15) is 4.79 Å². The Bertz CT molecular complexity index is 515. The van der Waals surface area contributed by atoms with Crippen LogP contribution in [0.3, 0.4) is 0 Å². The van der Waals surface area contributed by atoms with Crippen LogP contribution in [0.25, 0.3) is 0 Å². The van der Waals surface area contributed by atoms with Gasteiger partial charge in [0.1, 0.15) is 5.75 Å². The van der Waals surface area contributed by atoms with Gasteiger partial charge in [0.2, 0.25) is 0 Å². The molecule has 20 heavy (non-hydrogen) atoms. The molecule has 0 bridgehead atoms. The van der Waals surface area contributed by atoms with Crippen LogP contribution < -0.4 is 15.4 Å². The molecule has 1 heterocycles. The predicted molar refractivity (Wildman–Crippen MR) is 80.5 cm³/mol. The fourth-order valence-electron chi connectivity index (χ4n) is 2.18. The Balaban J connectivity index is 1.90. The van der Waals surface area contributed by atoms with Crippen LogP contribution >= 0.6 is 11.6 Å². The zero-order valence-corrected chi connectivity index (χ0v) is 12.3. The maximum absolute atomic E-state index is 12.1. The summed E-state index contributed by atoms with van der Waals surface area (Å²) in [6.07, 6.45) is 4.14. The van der Waals surface area contributed by atoms with E-state index in [0.29, 0.717) is 22.9 Å². The molecule has 1 aliphatic heterocycles. The molecule has 1 aromatic carbocycles. The van der Waals surface area contributed by atoms with E-state index in [0.717, 1.165) is 25.9 Å². The standard InChI is InChI=1S/C15H19ClN2O2/c1-20-14-10-12(16)2-3-13(14)15(19)18-9-6-11-4-7-17-8-5-11/h2-4,10,17H,5-9H2,1H3,(H,18,19). The van der Waals surface area contributed by atoms with E-state index in [1.165, 1.54) is 12.7 Å². The number of carbonyl (C=O) groups is 1. The number of halogens is 1. The number of hydrogen-bond acceptors (Lipinski definition) is 3. The van der Waals surface area contributed by atoms with E-state index in [2.05, 4.69) is 16.7 Å². The lowest BCUT2D eigenvalue weighted by molar-refractivity contribution is 0.0951. The van der Waals surface area contributed by atoms with Gasteiger partial charge in [0.15, 0.2) is 0 Å². The number of hydrogen-bond donors (Lipinski definition) is 2. The van der Waals surface area contributed by atoms with Gasteiger partial charge in [0.05, 0.1) is 12.7 Å². The summed E-state index contributed by atoms with van der Waals surface area (Å²) < 4.78 is 5.18. The Labute approximate surface area is 124 Å². The van der Waals surface area contributed by atoms with Gasteiger partial charge in [-0.3, -0.25) is 4.79 Å². The highest BCUT2D eigenvalue weighted by Crippen LogP contribution is 2.23. The minimum absolute atomic E-state index is 0.131. The van der Waals surface area contributed by atoms with Crippen molar-refractivity contribution in [3.05, 3.63) is 40.4 Å². The van der Waals surface area contributed by atoms with Crippen molar-refractivity contribution in [3.63, 3.8) is 0 Å². The molecule has 0 spiro atoms.